The van der Waals surface area contributed by atoms with E-state index in [9.17, 15) is 4.79 Å². The molecule has 118 valence electrons. The Labute approximate surface area is 136 Å². The first-order valence-electron chi connectivity index (χ1n) is 7.81. The van der Waals surface area contributed by atoms with Crippen LogP contribution in [0.4, 0.5) is 5.82 Å². The minimum Gasteiger partial charge on any atom is -0.372 e. The molecule has 1 unspecified atom stereocenters. The first kappa shape index (κ1) is 15.2. The van der Waals surface area contributed by atoms with Crippen LogP contribution in [0.2, 0.25) is 0 Å². The number of rotatable bonds is 4. The van der Waals surface area contributed by atoms with Crippen molar-refractivity contribution in [3.63, 3.8) is 0 Å². The van der Waals surface area contributed by atoms with Gasteiger partial charge in [0.1, 0.15) is 5.82 Å². The molecule has 0 aliphatic carbocycles. The molecule has 1 atom stereocenters. The standard InChI is InChI=1S/C18H20N4O/c1-19-17-13-20-12-15(21-17)16-8-5-11-22(16)18(23)10-9-14-6-3-2-4-7-14/h2-4,6-7,9-10,12-13,16H,5,8,11H2,1H3,(H,19,21)/b10-9+. The molecule has 0 saturated carbocycles. The molecule has 1 N–H and O–H groups in total. The highest BCUT2D eigenvalue weighted by atomic mass is 16.2. The monoisotopic (exact) mass is 308 g/mol. The highest BCUT2D eigenvalue weighted by molar-refractivity contribution is 5.92. The molecular weight excluding hydrogens is 288 g/mol. The van der Waals surface area contributed by atoms with Gasteiger partial charge in [-0.3, -0.25) is 9.78 Å². The first-order chi connectivity index (χ1) is 11.3. The number of nitrogens with zero attached hydrogens (tertiary/aromatic N) is 3. The van der Waals surface area contributed by atoms with Crippen molar-refractivity contribution >= 4 is 17.8 Å². The topological polar surface area (TPSA) is 58.1 Å². The molecule has 1 aromatic carbocycles. The number of aromatic nitrogens is 2. The third kappa shape index (κ3) is 3.56. The van der Waals surface area contributed by atoms with Crippen LogP contribution in [0.25, 0.3) is 6.08 Å². The predicted molar refractivity (Wildman–Crippen MR) is 90.7 cm³/mol. The number of hydrogen-bond acceptors (Lipinski definition) is 4. The minimum atomic E-state index is 0.00345. The quantitative estimate of drug-likeness (QED) is 0.882. The van der Waals surface area contributed by atoms with Gasteiger partial charge >= 0.3 is 0 Å². The number of nitrogens with one attached hydrogen (secondary N) is 1. The molecule has 0 radical (unpaired) electrons. The molecule has 1 saturated heterocycles. The minimum absolute atomic E-state index is 0.00345. The highest BCUT2D eigenvalue weighted by Crippen LogP contribution is 2.31. The van der Waals surface area contributed by atoms with Crippen LogP contribution in [0.5, 0.6) is 0 Å². The molecule has 1 aromatic heterocycles. The van der Waals surface area contributed by atoms with Gasteiger partial charge in [0.05, 0.1) is 24.1 Å². The Morgan fingerprint density at radius 2 is 2.13 bits per heavy atom. The van der Waals surface area contributed by atoms with Gasteiger partial charge in [0.15, 0.2) is 0 Å². The largest absolute Gasteiger partial charge is 0.372 e. The average Bonchev–Trinajstić information content (AvgIpc) is 3.10. The van der Waals surface area contributed by atoms with Crippen molar-refractivity contribution in [2.24, 2.45) is 0 Å². The second-order valence-corrected chi connectivity index (χ2v) is 5.51. The van der Waals surface area contributed by atoms with Crippen LogP contribution in [0.1, 0.15) is 30.1 Å². The van der Waals surface area contributed by atoms with Crippen LogP contribution in [0, 0.1) is 0 Å². The van der Waals surface area contributed by atoms with E-state index in [4.69, 9.17) is 0 Å². The molecule has 3 rings (SSSR count). The Balaban J connectivity index is 1.75. The Morgan fingerprint density at radius 3 is 2.91 bits per heavy atom. The lowest BCUT2D eigenvalue weighted by Gasteiger charge is -2.23. The Bertz CT molecular complexity index is 699. The summed E-state index contributed by atoms with van der Waals surface area (Å²) >= 11 is 0. The van der Waals surface area contributed by atoms with Crippen LogP contribution < -0.4 is 5.32 Å². The summed E-state index contributed by atoms with van der Waals surface area (Å²) in [6.07, 6.45) is 8.84. The van der Waals surface area contributed by atoms with Crippen molar-refractivity contribution in [2.45, 2.75) is 18.9 Å². The van der Waals surface area contributed by atoms with E-state index in [1.807, 2.05) is 48.4 Å². The summed E-state index contributed by atoms with van der Waals surface area (Å²) in [5.74, 6) is 0.745. The maximum atomic E-state index is 12.5. The van der Waals surface area contributed by atoms with E-state index in [-0.39, 0.29) is 11.9 Å². The average molecular weight is 308 g/mol. The van der Waals surface area contributed by atoms with E-state index in [1.54, 1.807) is 18.5 Å². The summed E-state index contributed by atoms with van der Waals surface area (Å²) in [5.41, 5.74) is 1.87. The number of anilines is 1. The van der Waals surface area contributed by atoms with Gasteiger partial charge in [0, 0.05) is 19.7 Å². The summed E-state index contributed by atoms with van der Waals surface area (Å²) in [7, 11) is 1.81. The molecule has 0 spiro atoms. The SMILES string of the molecule is CNc1cncc(C2CCCN2C(=O)/C=C/c2ccccc2)n1. The zero-order chi connectivity index (χ0) is 16.1. The van der Waals surface area contributed by atoms with Gasteiger partial charge in [-0.25, -0.2) is 4.98 Å². The summed E-state index contributed by atoms with van der Waals surface area (Å²) in [6.45, 7) is 0.758. The fourth-order valence-corrected chi connectivity index (χ4v) is 2.83. The van der Waals surface area contributed by atoms with Crippen LogP contribution in [-0.2, 0) is 4.79 Å². The van der Waals surface area contributed by atoms with Crippen molar-refractivity contribution in [1.82, 2.24) is 14.9 Å². The Hall–Kier alpha value is -2.69. The van der Waals surface area contributed by atoms with Gasteiger partial charge in [-0.05, 0) is 24.5 Å². The second kappa shape index (κ2) is 7.05. The number of amides is 1. The molecule has 1 aliphatic rings. The third-order valence-corrected chi connectivity index (χ3v) is 4.00. The van der Waals surface area contributed by atoms with Crippen molar-refractivity contribution < 1.29 is 4.79 Å². The van der Waals surface area contributed by atoms with Crippen molar-refractivity contribution in [3.05, 3.63) is 60.1 Å². The fourth-order valence-electron chi connectivity index (χ4n) is 2.83. The predicted octanol–water partition coefficient (Wildman–Crippen LogP) is 2.90. The number of hydrogen-bond donors (Lipinski definition) is 1. The van der Waals surface area contributed by atoms with Gasteiger partial charge in [0.2, 0.25) is 5.91 Å². The molecule has 2 heterocycles. The zero-order valence-electron chi connectivity index (χ0n) is 13.1. The lowest BCUT2D eigenvalue weighted by atomic mass is 10.1. The van der Waals surface area contributed by atoms with Gasteiger partial charge in [-0.2, -0.15) is 0 Å². The molecule has 5 heteroatoms. The Morgan fingerprint density at radius 1 is 1.30 bits per heavy atom. The molecule has 1 aliphatic heterocycles. The van der Waals surface area contributed by atoms with Crippen molar-refractivity contribution in [1.29, 1.82) is 0 Å². The van der Waals surface area contributed by atoms with E-state index in [0.717, 1.165) is 36.5 Å². The maximum Gasteiger partial charge on any atom is 0.247 e. The Kier molecular flexibility index (Phi) is 4.66. The van der Waals surface area contributed by atoms with Crippen molar-refractivity contribution in [3.8, 4) is 0 Å². The van der Waals surface area contributed by atoms with Crippen LogP contribution in [-0.4, -0.2) is 34.4 Å². The molecule has 0 bridgehead atoms. The highest BCUT2D eigenvalue weighted by Gasteiger charge is 2.30. The van der Waals surface area contributed by atoms with Crippen LogP contribution in [0.3, 0.4) is 0 Å². The summed E-state index contributed by atoms with van der Waals surface area (Å²) in [5, 5.41) is 2.99. The summed E-state index contributed by atoms with van der Waals surface area (Å²) < 4.78 is 0. The molecular formula is C18H20N4O. The molecule has 5 nitrogen and oxygen atoms in total. The molecule has 1 amide bonds. The number of carbonyl (C=O) groups excluding carboxylic acids is 1. The first-order valence-corrected chi connectivity index (χ1v) is 7.81. The number of likely N-dealkylation sites (tertiary alicyclic amines) is 1. The maximum absolute atomic E-state index is 12.5. The molecule has 23 heavy (non-hydrogen) atoms. The number of benzene rings is 1. The van der Waals surface area contributed by atoms with Gasteiger partial charge in [-0.1, -0.05) is 30.3 Å². The van der Waals surface area contributed by atoms with E-state index < -0.39 is 0 Å². The smallest absolute Gasteiger partial charge is 0.247 e. The van der Waals surface area contributed by atoms with Crippen LogP contribution in [0.15, 0.2) is 48.8 Å². The normalized spacial score (nSPS) is 17.6. The zero-order valence-corrected chi connectivity index (χ0v) is 13.1. The molecule has 1 fully saturated rings. The van der Waals surface area contributed by atoms with Gasteiger partial charge in [0.25, 0.3) is 0 Å². The lowest BCUT2D eigenvalue weighted by Crippen LogP contribution is -2.29. The van der Waals surface area contributed by atoms with Crippen molar-refractivity contribution in [2.75, 3.05) is 18.9 Å². The molecule has 2 aromatic rings. The fraction of sp³-hybridized carbons (Fsp3) is 0.278. The second-order valence-electron chi connectivity index (χ2n) is 5.51. The summed E-state index contributed by atoms with van der Waals surface area (Å²) in [6, 6.07) is 9.84. The van der Waals surface area contributed by atoms with E-state index >= 15 is 0 Å². The number of carbonyl (C=O) groups is 1. The third-order valence-electron chi connectivity index (χ3n) is 4.00. The van der Waals surface area contributed by atoms with E-state index in [1.165, 1.54) is 0 Å². The van der Waals surface area contributed by atoms with E-state index in [2.05, 4.69) is 15.3 Å². The van der Waals surface area contributed by atoms with Crippen LogP contribution >= 0.6 is 0 Å². The lowest BCUT2D eigenvalue weighted by molar-refractivity contribution is -0.126. The van der Waals surface area contributed by atoms with Gasteiger partial charge in [-0.15, -0.1) is 0 Å². The summed E-state index contributed by atoms with van der Waals surface area (Å²) in [4.78, 5) is 23.1. The van der Waals surface area contributed by atoms with E-state index in [0.29, 0.717) is 0 Å². The van der Waals surface area contributed by atoms with Gasteiger partial charge < -0.3 is 10.2 Å².